The summed E-state index contributed by atoms with van der Waals surface area (Å²) in [5.74, 6) is 0.509. The number of carbonyl (C=O) groups is 1. The van der Waals surface area contributed by atoms with Gasteiger partial charge < -0.3 is 19.7 Å². The lowest BCUT2D eigenvalue weighted by Gasteiger charge is -2.28. The van der Waals surface area contributed by atoms with Crippen LogP contribution in [0.4, 0.5) is 0 Å². The number of rotatable bonds is 10. The molecule has 1 aromatic carbocycles. The molecule has 0 unspecified atom stereocenters. The quantitative estimate of drug-likeness (QED) is 0.246. The van der Waals surface area contributed by atoms with Gasteiger partial charge in [-0.3, -0.25) is 5.41 Å². The number of ether oxygens (including phenoxy) is 2. The van der Waals surface area contributed by atoms with Crippen LogP contribution >= 0.6 is 11.6 Å². The molecule has 1 saturated carbocycles. The number of carbonyl (C=O) groups excluding carboxylic acids is 1. The van der Waals surface area contributed by atoms with Gasteiger partial charge in [-0.15, -0.1) is 0 Å². The molecule has 0 saturated heterocycles. The number of amidine groups is 1. The summed E-state index contributed by atoms with van der Waals surface area (Å²) in [7, 11) is 2.91. The first-order chi connectivity index (χ1) is 14.3. The number of methoxy groups -OCH3 is 2. The maximum atomic E-state index is 12.3. The Labute approximate surface area is 183 Å². The van der Waals surface area contributed by atoms with E-state index in [1.165, 1.54) is 7.11 Å². The van der Waals surface area contributed by atoms with E-state index in [9.17, 15) is 4.79 Å². The monoisotopic (exact) mass is 431 g/mol. The van der Waals surface area contributed by atoms with Crippen LogP contribution in [0.5, 0.6) is 5.75 Å². The third-order valence-corrected chi connectivity index (χ3v) is 5.19. The molecule has 1 aromatic rings. The van der Waals surface area contributed by atoms with Crippen molar-refractivity contribution in [2.24, 2.45) is 5.92 Å². The van der Waals surface area contributed by atoms with Gasteiger partial charge >= 0.3 is 5.97 Å². The Morgan fingerprint density at radius 1 is 1.37 bits per heavy atom. The van der Waals surface area contributed by atoms with Crippen molar-refractivity contribution in [1.82, 2.24) is 10.2 Å². The van der Waals surface area contributed by atoms with E-state index in [1.807, 2.05) is 50.3 Å². The summed E-state index contributed by atoms with van der Waals surface area (Å²) in [4.78, 5) is 14.1. The second-order valence-electron chi connectivity index (χ2n) is 7.34. The van der Waals surface area contributed by atoms with Crippen LogP contribution < -0.4 is 10.1 Å². The minimum absolute atomic E-state index is 0.00282. The van der Waals surface area contributed by atoms with E-state index in [0.717, 1.165) is 24.2 Å². The first-order valence-corrected chi connectivity index (χ1v) is 10.3. The lowest BCUT2D eigenvalue weighted by atomic mass is 10.2. The number of nitrogens with one attached hydrogen (secondary N) is 2. The minimum Gasteiger partial charge on any atom is -0.496 e. The molecule has 2 rings (SSSR count). The van der Waals surface area contributed by atoms with Crippen LogP contribution in [0, 0.1) is 11.3 Å². The molecule has 1 aliphatic carbocycles. The van der Waals surface area contributed by atoms with Crippen molar-refractivity contribution >= 4 is 29.5 Å². The van der Waals surface area contributed by atoms with Gasteiger partial charge in [0.25, 0.3) is 0 Å². The Hall–Kier alpha value is -2.73. The molecule has 0 bridgehead atoms. The van der Waals surface area contributed by atoms with E-state index >= 15 is 0 Å². The molecule has 0 radical (unpaired) electrons. The van der Waals surface area contributed by atoms with Gasteiger partial charge in [0.15, 0.2) is 0 Å². The average Bonchev–Trinajstić information content (AvgIpc) is 3.59. The fourth-order valence-electron chi connectivity index (χ4n) is 2.89. The number of hydrogen-bond donors (Lipinski definition) is 2. The van der Waals surface area contributed by atoms with Crippen LogP contribution in [0.15, 0.2) is 53.3 Å². The Bertz CT molecular complexity index is 857. The van der Waals surface area contributed by atoms with E-state index in [2.05, 4.69) is 11.9 Å². The summed E-state index contributed by atoms with van der Waals surface area (Å²) in [5.41, 5.74) is 1.70. The fraction of sp³-hybridized carbons (Fsp3) is 0.391. The van der Waals surface area contributed by atoms with E-state index in [-0.39, 0.29) is 22.6 Å². The minimum atomic E-state index is -0.625. The Morgan fingerprint density at radius 2 is 2.03 bits per heavy atom. The van der Waals surface area contributed by atoms with E-state index in [0.29, 0.717) is 18.2 Å². The maximum Gasteiger partial charge on any atom is 0.356 e. The zero-order chi connectivity index (χ0) is 22.3. The van der Waals surface area contributed by atoms with Crippen molar-refractivity contribution in [3.63, 3.8) is 0 Å². The lowest BCUT2D eigenvalue weighted by Crippen LogP contribution is -2.38. The average molecular weight is 432 g/mol. The molecule has 0 heterocycles. The second-order valence-corrected chi connectivity index (χ2v) is 7.72. The van der Waals surface area contributed by atoms with Crippen LogP contribution in [0.25, 0.3) is 6.08 Å². The van der Waals surface area contributed by atoms with Gasteiger partial charge in [-0.1, -0.05) is 48.5 Å². The predicted molar refractivity (Wildman–Crippen MR) is 121 cm³/mol. The topological polar surface area (TPSA) is 74.7 Å². The highest BCUT2D eigenvalue weighted by molar-refractivity contribution is 6.44. The van der Waals surface area contributed by atoms with Crippen molar-refractivity contribution in [2.75, 3.05) is 20.8 Å². The molecule has 0 spiro atoms. The summed E-state index contributed by atoms with van der Waals surface area (Å²) in [6.45, 7) is 8.33. The molecule has 1 aliphatic rings. The molecule has 0 aliphatic heterocycles. The standard InChI is InChI=1S/C23H30ClN3O3/c1-15(2)27(14-8-10-18-9-6-7-11-19(18)29-4)22(25)20(24)21(23(28)30-5)26-16(3)17-12-13-17/h6-11,15,17,25-26H,3,12-14H2,1-2,4-5H3/b10-8+,21-20?,25-22?. The number of para-hydroxylation sites is 1. The fourth-order valence-corrected chi connectivity index (χ4v) is 3.13. The highest BCUT2D eigenvalue weighted by atomic mass is 35.5. The highest BCUT2D eigenvalue weighted by Gasteiger charge is 2.29. The van der Waals surface area contributed by atoms with Gasteiger partial charge in [0, 0.05) is 23.8 Å². The molecule has 1 fully saturated rings. The SMILES string of the molecule is C=C(NC(C(=O)OC)=C(Cl)C(=N)N(C/C=C/c1ccccc1OC)C(C)C)C1CC1. The number of benzene rings is 1. The third kappa shape index (κ3) is 6.13. The summed E-state index contributed by atoms with van der Waals surface area (Å²) >= 11 is 6.49. The van der Waals surface area contributed by atoms with Gasteiger partial charge in [-0.05, 0) is 38.7 Å². The van der Waals surface area contributed by atoms with Gasteiger partial charge in [0.05, 0.1) is 14.2 Å². The number of esters is 1. The Balaban J connectivity index is 2.22. The van der Waals surface area contributed by atoms with Gasteiger partial charge in [-0.25, -0.2) is 4.79 Å². The van der Waals surface area contributed by atoms with Gasteiger partial charge in [0.1, 0.15) is 22.3 Å². The summed E-state index contributed by atoms with van der Waals surface area (Å²) in [6.07, 6.45) is 5.93. The molecule has 0 atom stereocenters. The molecular formula is C23H30ClN3O3. The smallest absolute Gasteiger partial charge is 0.356 e. The summed E-state index contributed by atoms with van der Waals surface area (Å²) in [5, 5.41) is 11.6. The molecule has 0 aromatic heterocycles. The first-order valence-electron chi connectivity index (χ1n) is 9.89. The Kier molecular flexibility index (Phi) is 8.54. The number of allylic oxidation sites excluding steroid dienone is 1. The van der Waals surface area contributed by atoms with E-state index in [1.54, 1.807) is 12.0 Å². The van der Waals surface area contributed by atoms with Crippen molar-refractivity contribution in [2.45, 2.75) is 32.7 Å². The van der Waals surface area contributed by atoms with Crippen molar-refractivity contribution in [3.05, 3.63) is 58.9 Å². The molecule has 30 heavy (non-hydrogen) atoms. The second kappa shape index (κ2) is 10.9. The van der Waals surface area contributed by atoms with Crippen molar-refractivity contribution < 1.29 is 14.3 Å². The molecule has 162 valence electrons. The zero-order valence-electron chi connectivity index (χ0n) is 18.0. The Morgan fingerprint density at radius 3 is 2.60 bits per heavy atom. The van der Waals surface area contributed by atoms with Crippen LogP contribution in [-0.2, 0) is 9.53 Å². The van der Waals surface area contributed by atoms with Gasteiger partial charge in [0.2, 0.25) is 0 Å². The normalized spacial score (nSPS) is 14.3. The zero-order valence-corrected chi connectivity index (χ0v) is 18.8. The third-order valence-electron chi connectivity index (χ3n) is 4.82. The molecular weight excluding hydrogens is 402 g/mol. The predicted octanol–water partition coefficient (Wildman–Crippen LogP) is 4.53. The number of halogens is 1. The van der Waals surface area contributed by atoms with Crippen LogP contribution in [0.3, 0.4) is 0 Å². The molecule has 2 N–H and O–H groups in total. The molecule has 0 amide bonds. The molecule has 7 heteroatoms. The van der Waals surface area contributed by atoms with Gasteiger partial charge in [-0.2, -0.15) is 0 Å². The molecule has 6 nitrogen and oxygen atoms in total. The summed E-state index contributed by atoms with van der Waals surface area (Å²) in [6, 6.07) is 7.68. The van der Waals surface area contributed by atoms with Crippen molar-refractivity contribution in [3.8, 4) is 5.75 Å². The van der Waals surface area contributed by atoms with Crippen LogP contribution in [0.2, 0.25) is 0 Å². The first kappa shape index (κ1) is 23.5. The highest BCUT2D eigenvalue weighted by Crippen LogP contribution is 2.35. The lowest BCUT2D eigenvalue weighted by molar-refractivity contribution is -0.136. The largest absolute Gasteiger partial charge is 0.496 e. The van der Waals surface area contributed by atoms with Crippen molar-refractivity contribution in [1.29, 1.82) is 5.41 Å². The van der Waals surface area contributed by atoms with E-state index in [4.69, 9.17) is 26.5 Å². The number of nitrogens with zero attached hydrogens (tertiary/aromatic N) is 1. The van der Waals surface area contributed by atoms with E-state index < -0.39 is 5.97 Å². The van der Waals surface area contributed by atoms with Crippen LogP contribution in [-0.4, -0.2) is 43.5 Å². The summed E-state index contributed by atoms with van der Waals surface area (Å²) < 4.78 is 10.2. The maximum absolute atomic E-state index is 12.3. The number of hydrogen-bond acceptors (Lipinski definition) is 5. The van der Waals surface area contributed by atoms with Crippen LogP contribution in [0.1, 0.15) is 32.3 Å².